The minimum atomic E-state index is 0.0239. The third kappa shape index (κ3) is 1.18. The molecule has 2 atom stereocenters. The topological polar surface area (TPSA) is 52.0 Å². The molecule has 0 aromatic heterocycles. The number of nitrogens with two attached hydrogens (primary N) is 2. The molecule has 2 nitrogen and oxygen atoms in total. The lowest BCUT2D eigenvalue weighted by Gasteiger charge is -2.03. The van der Waals surface area contributed by atoms with Crippen LogP contribution in [-0.4, -0.2) is 5.54 Å². The fourth-order valence-electron chi connectivity index (χ4n) is 1.61. The molecule has 2 rings (SSSR count). The number of nitrogen functional groups attached to an aromatic ring is 1. The predicted molar refractivity (Wildman–Crippen MR) is 50.8 cm³/mol. The highest BCUT2D eigenvalue weighted by Gasteiger charge is 2.47. The average Bonchev–Trinajstić information content (AvgIpc) is 2.61. The average molecular weight is 162 g/mol. The molecule has 0 bridgehead atoms. The summed E-state index contributed by atoms with van der Waals surface area (Å²) in [7, 11) is 0. The Morgan fingerprint density at radius 3 is 2.25 bits per heavy atom. The quantitative estimate of drug-likeness (QED) is 0.614. The molecule has 2 heteroatoms. The summed E-state index contributed by atoms with van der Waals surface area (Å²) in [5.41, 5.74) is 13.7. The van der Waals surface area contributed by atoms with Crippen LogP contribution in [0.25, 0.3) is 0 Å². The molecule has 1 saturated carbocycles. The molecule has 0 saturated heterocycles. The molecular formula is C10H14N2. The van der Waals surface area contributed by atoms with Gasteiger partial charge in [-0.15, -0.1) is 0 Å². The van der Waals surface area contributed by atoms with Gasteiger partial charge in [0.05, 0.1) is 0 Å². The van der Waals surface area contributed by atoms with Crippen molar-refractivity contribution in [2.45, 2.75) is 24.8 Å². The van der Waals surface area contributed by atoms with Crippen LogP contribution in [0.2, 0.25) is 0 Å². The van der Waals surface area contributed by atoms with Gasteiger partial charge in [0, 0.05) is 17.1 Å². The van der Waals surface area contributed by atoms with Crippen molar-refractivity contribution in [3.8, 4) is 0 Å². The minimum absolute atomic E-state index is 0.0239. The van der Waals surface area contributed by atoms with Gasteiger partial charge in [0.2, 0.25) is 0 Å². The lowest BCUT2D eigenvalue weighted by Crippen LogP contribution is -2.18. The van der Waals surface area contributed by atoms with Crippen molar-refractivity contribution < 1.29 is 0 Å². The molecule has 0 aliphatic heterocycles. The Balaban J connectivity index is 2.21. The second kappa shape index (κ2) is 2.23. The van der Waals surface area contributed by atoms with Gasteiger partial charge in [0.1, 0.15) is 0 Å². The van der Waals surface area contributed by atoms with E-state index >= 15 is 0 Å². The van der Waals surface area contributed by atoms with E-state index in [-0.39, 0.29) is 5.54 Å². The zero-order valence-electron chi connectivity index (χ0n) is 7.25. The summed E-state index contributed by atoms with van der Waals surface area (Å²) in [6.07, 6.45) is 1.09. The maximum absolute atomic E-state index is 5.95. The first-order valence-electron chi connectivity index (χ1n) is 4.24. The Labute approximate surface area is 72.6 Å². The minimum Gasteiger partial charge on any atom is -0.399 e. The Bertz CT molecular complexity index is 287. The van der Waals surface area contributed by atoms with Crippen LogP contribution in [0.5, 0.6) is 0 Å². The van der Waals surface area contributed by atoms with E-state index in [1.807, 2.05) is 12.1 Å². The summed E-state index contributed by atoms with van der Waals surface area (Å²) in [5, 5.41) is 0. The third-order valence-corrected chi connectivity index (χ3v) is 2.62. The molecule has 64 valence electrons. The van der Waals surface area contributed by atoms with Gasteiger partial charge in [-0.1, -0.05) is 12.1 Å². The Morgan fingerprint density at radius 1 is 1.33 bits per heavy atom. The Morgan fingerprint density at radius 2 is 1.83 bits per heavy atom. The van der Waals surface area contributed by atoms with E-state index in [4.69, 9.17) is 11.5 Å². The smallest absolute Gasteiger partial charge is 0.0314 e. The van der Waals surface area contributed by atoms with E-state index in [0.717, 1.165) is 12.1 Å². The third-order valence-electron chi connectivity index (χ3n) is 2.62. The summed E-state index contributed by atoms with van der Waals surface area (Å²) in [4.78, 5) is 0. The zero-order chi connectivity index (χ0) is 8.77. The van der Waals surface area contributed by atoms with Crippen LogP contribution in [0.3, 0.4) is 0 Å². The summed E-state index contributed by atoms with van der Waals surface area (Å²) >= 11 is 0. The summed E-state index contributed by atoms with van der Waals surface area (Å²) in [6.45, 7) is 2.09. The number of benzene rings is 1. The van der Waals surface area contributed by atoms with Crippen LogP contribution in [-0.2, 0) is 0 Å². The van der Waals surface area contributed by atoms with Crippen molar-refractivity contribution >= 4 is 5.69 Å². The zero-order valence-corrected chi connectivity index (χ0v) is 7.25. The first-order valence-corrected chi connectivity index (χ1v) is 4.24. The summed E-state index contributed by atoms with van der Waals surface area (Å²) < 4.78 is 0. The van der Waals surface area contributed by atoms with E-state index in [9.17, 15) is 0 Å². The molecule has 1 aliphatic rings. The molecule has 12 heavy (non-hydrogen) atoms. The van der Waals surface area contributed by atoms with Gasteiger partial charge in [-0.2, -0.15) is 0 Å². The van der Waals surface area contributed by atoms with Gasteiger partial charge in [0.15, 0.2) is 0 Å². The van der Waals surface area contributed by atoms with Gasteiger partial charge in [0.25, 0.3) is 0 Å². The number of hydrogen-bond donors (Lipinski definition) is 2. The molecule has 0 heterocycles. The fourth-order valence-corrected chi connectivity index (χ4v) is 1.61. The van der Waals surface area contributed by atoms with Crippen molar-refractivity contribution in [1.29, 1.82) is 0 Å². The molecule has 1 aliphatic carbocycles. The van der Waals surface area contributed by atoms with Crippen LogP contribution in [0, 0.1) is 0 Å². The number of anilines is 1. The molecule has 1 aromatic carbocycles. The van der Waals surface area contributed by atoms with E-state index < -0.39 is 0 Å². The SMILES string of the molecule is CC1(N)C[C@@H]1c1ccc(N)cc1. The van der Waals surface area contributed by atoms with E-state index in [2.05, 4.69) is 19.1 Å². The first-order chi connectivity index (χ1) is 5.59. The van der Waals surface area contributed by atoms with Crippen molar-refractivity contribution in [3.05, 3.63) is 29.8 Å². The second-order valence-corrected chi connectivity index (χ2v) is 3.93. The molecule has 1 aromatic rings. The van der Waals surface area contributed by atoms with Crippen molar-refractivity contribution in [1.82, 2.24) is 0 Å². The van der Waals surface area contributed by atoms with Gasteiger partial charge in [-0.05, 0) is 31.0 Å². The highest BCUT2D eigenvalue weighted by atomic mass is 14.8. The normalized spacial score (nSPS) is 33.3. The van der Waals surface area contributed by atoms with Crippen LogP contribution in [0.4, 0.5) is 5.69 Å². The fraction of sp³-hybridized carbons (Fsp3) is 0.400. The van der Waals surface area contributed by atoms with Crippen LogP contribution < -0.4 is 11.5 Å². The van der Waals surface area contributed by atoms with Gasteiger partial charge >= 0.3 is 0 Å². The monoisotopic (exact) mass is 162 g/mol. The van der Waals surface area contributed by atoms with E-state index in [0.29, 0.717) is 5.92 Å². The van der Waals surface area contributed by atoms with Crippen LogP contribution >= 0.6 is 0 Å². The molecule has 0 spiro atoms. The van der Waals surface area contributed by atoms with Crippen LogP contribution in [0.1, 0.15) is 24.8 Å². The van der Waals surface area contributed by atoms with E-state index in [1.54, 1.807) is 0 Å². The first kappa shape index (κ1) is 7.62. The molecule has 0 amide bonds. The van der Waals surface area contributed by atoms with Crippen molar-refractivity contribution in [3.63, 3.8) is 0 Å². The largest absolute Gasteiger partial charge is 0.399 e. The van der Waals surface area contributed by atoms with Crippen LogP contribution in [0.15, 0.2) is 24.3 Å². The maximum Gasteiger partial charge on any atom is 0.0314 e. The Kier molecular flexibility index (Phi) is 1.42. The van der Waals surface area contributed by atoms with Gasteiger partial charge in [-0.3, -0.25) is 0 Å². The molecular weight excluding hydrogens is 148 g/mol. The highest BCUT2D eigenvalue weighted by Crippen LogP contribution is 2.48. The van der Waals surface area contributed by atoms with Crippen molar-refractivity contribution in [2.24, 2.45) is 5.73 Å². The second-order valence-electron chi connectivity index (χ2n) is 3.93. The molecule has 4 N–H and O–H groups in total. The van der Waals surface area contributed by atoms with Gasteiger partial charge in [-0.25, -0.2) is 0 Å². The molecule has 0 radical (unpaired) electrons. The van der Waals surface area contributed by atoms with Crippen molar-refractivity contribution in [2.75, 3.05) is 5.73 Å². The predicted octanol–water partition coefficient (Wildman–Crippen LogP) is 1.47. The number of rotatable bonds is 1. The lowest BCUT2D eigenvalue weighted by atomic mass is 10.1. The number of hydrogen-bond acceptors (Lipinski definition) is 2. The van der Waals surface area contributed by atoms with E-state index in [1.165, 1.54) is 5.56 Å². The standard InChI is InChI=1S/C10H14N2/c1-10(12)6-9(10)7-2-4-8(11)5-3-7/h2-5,9H,6,11-12H2,1H3/t9-,10?/m1/s1. The maximum atomic E-state index is 5.95. The highest BCUT2D eigenvalue weighted by molar-refractivity contribution is 5.43. The summed E-state index contributed by atoms with van der Waals surface area (Å²) in [6, 6.07) is 8.00. The Hall–Kier alpha value is -1.02. The molecule has 1 unspecified atom stereocenters. The molecule has 1 fully saturated rings. The summed E-state index contributed by atoms with van der Waals surface area (Å²) in [5.74, 6) is 0.540. The van der Waals surface area contributed by atoms with Gasteiger partial charge < -0.3 is 11.5 Å². The lowest BCUT2D eigenvalue weighted by molar-refractivity contribution is 0.728.